The summed E-state index contributed by atoms with van der Waals surface area (Å²) in [5, 5.41) is 13.7. The van der Waals surface area contributed by atoms with Gasteiger partial charge in [-0.15, -0.1) is 11.3 Å². The highest BCUT2D eigenvalue weighted by molar-refractivity contribution is 7.09. The fourth-order valence-corrected chi connectivity index (χ4v) is 3.58. The van der Waals surface area contributed by atoms with Crippen LogP contribution in [0.25, 0.3) is 0 Å². The van der Waals surface area contributed by atoms with Crippen LogP contribution in [0, 0.1) is 13.8 Å². The van der Waals surface area contributed by atoms with Crippen molar-refractivity contribution in [3.63, 3.8) is 0 Å². The molecular formula is C18H25N3OS. The van der Waals surface area contributed by atoms with Gasteiger partial charge in [-0.25, -0.2) is 4.98 Å². The van der Waals surface area contributed by atoms with Gasteiger partial charge in [0.25, 0.3) is 0 Å². The summed E-state index contributed by atoms with van der Waals surface area (Å²) in [6.45, 7) is 9.87. The number of aliphatic hydroxyl groups is 1. The highest BCUT2D eigenvalue weighted by Crippen LogP contribution is 2.17. The molecule has 2 aromatic rings. The van der Waals surface area contributed by atoms with E-state index in [1.54, 1.807) is 11.3 Å². The molecule has 0 bridgehead atoms. The first kappa shape index (κ1) is 16.6. The lowest BCUT2D eigenvalue weighted by Crippen LogP contribution is -2.47. The standard InChI is InChI=1S/C18H25N3OS/c1-14-3-5-16(6-4-14)18(22)12-21-9-7-20(8-10-21)11-17-13-23-15(2)19-17/h3-6,13,18,22H,7-12H2,1-2H3. The molecule has 1 fully saturated rings. The zero-order valence-electron chi connectivity index (χ0n) is 13.9. The Morgan fingerprint density at radius 3 is 2.35 bits per heavy atom. The number of β-amino-alcohol motifs (C(OH)–C–C–N with tert-alkyl or cyclic N) is 1. The van der Waals surface area contributed by atoms with Crippen molar-refractivity contribution in [1.29, 1.82) is 0 Å². The summed E-state index contributed by atoms with van der Waals surface area (Å²) >= 11 is 1.72. The van der Waals surface area contributed by atoms with Gasteiger partial charge in [0.2, 0.25) is 0 Å². The molecule has 1 N–H and O–H groups in total. The Labute approximate surface area is 142 Å². The Hall–Kier alpha value is -1.27. The molecule has 0 radical (unpaired) electrons. The Bertz CT molecular complexity index is 617. The van der Waals surface area contributed by atoms with Crippen LogP contribution in [0.4, 0.5) is 0 Å². The molecule has 2 heterocycles. The van der Waals surface area contributed by atoms with E-state index in [1.165, 1.54) is 11.3 Å². The van der Waals surface area contributed by atoms with Crippen LogP contribution < -0.4 is 0 Å². The largest absolute Gasteiger partial charge is 0.387 e. The first-order valence-corrected chi connectivity index (χ1v) is 9.08. The fourth-order valence-electron chi connectivity index (χ4n) is 2.98. The van der Waals surface area contributed by atoms with Crippen molar-refractivity contribution in [3.8, 4) is 0 Å². The first-order valence-electron chi connectivity index (χ1n) is 8.20. The average molecular weight is 331 g/mol. The molecule has 0 amide bonds. The van der Waals surface area contributed by atoms with E-state index in [0.717, 1.165) is 43.3 Å². The van der Waals surface area contributed by atoms with Crippen LogP contribution in [0.1, 0.15) is 27.9 Å². The second-order valence-electron chi connectivity index (χ2n) is 6.36. The summed E-state index contributed by atoms with van der Waals surface area (Å²) in [4.78, 5) is 9.34. The third kappa shape index (κ3) is 4.61. The molecule has 1 aliphatic rings. The lowest BCUT2D eigenvalue weighted by atomic mass is 10.1. The summed E-state index contributed by atoms with van der Waals surface area (Å²) in [6, 6.07) is 8.18. The van der Waals surface area contributed by atoms with E-state index >= 15 is 0 Å². The van der Waals surface area contributed by atoms with Gasteiger partial charge < -0.3 is 5.11 Å². The van der Waals surface area contributed by atoms with Crippen LogP contribution in [0.15, 0.2) is 29.6 Å². The monoisotopic (exact) mass is 331 g/mol. The Balaban J connectivity index is 1.46. The van der Waals surface area contributed by atoms with E-state index in [2.05, 4.69) is 46.1 Å². The molecule has 4 nitrogen and oxygen atoms in total. The Kier molecular flexibility index (Phi) is 5.43. The van der Waals surface area contributed by atoms with Gasteiger partial charge in [-0.05, 0) is 19.4 Å². The average Bonchev–Trinajstić information content (AvgIpc) is 2.95. The number of aliphatic hydroxyl groups excluding tert-OH is 1. The van der Waals surface area contributed by atoms with E-state index in [-0.39, 0.29) is 0 Å². The molecule has 1 aromatic carbocycles. The van der Waals surface area contributed by atoms with Gasteiger partial charge in [-0.3, -0.25) is 9.80 Å². The van der Waals surface area contributed by atoms with Gasteiger partial charge >= 0.3 is 0 Å². The molecule has 1 atom stereocenters. The number of hydrogen-bond acceptors (Lipinski definition) is 5. The van der Waals surface area contributed by atoms with Crippen LogP contribution in [-0.4, -0.2) is 52.6 Å². The van der Waals surface area contributed by atoms with Crippen LogP contribution >= 0.6 is 11.3 Å². The fraction of sp³-hybridized carbons (Fsp3) is 0.500. The number of rotatable bonds is 5. The SMILES string of the molecule is Cc1ccc(C(O)CN2CCN(Cc3csc(C)n3)CC2)cc1. The molecular weight excluding hydrogens is 306 g/mol. The maximum absolute atomic E-state index is 10.4. The number of aromatic nitrogens is 1. The number of benzene rings is 1. The molecule has 5 heteroatoms. The van der Waals surface area contributed by atoms with Gasteiger partial charge in [-0.1, -0.05) is 29.8 Å². The van der Waals surface area contributed by atoms with Crippen molar-refractivity contribution in [2.75, 3.05) is 32.7 Å². The number of piperazine rings is 1. The lowest BCUT2D eigenvalue weighted by molar-refractivity contribution is 0.0697. The highest BCUT2D eigenvalue weighted by atomic mass is 32.1. The molecule has 1 unspecified atom stereocenters. The highest BCUT2D eigenvalue weighted by Gasteiger charge is 2.20. The zero-order chi connectivity index (χ0) is 16.2. The van der Waals surface area contributed by atoms with Gasteiger partial charge in [0.05, 0.1) is 16.8 Å². The van der Waals surface area contributed by atoms with Gasteiger partial charge in [0.1, 0.15) is 0 Å². The van der Waals surface area contributed by atoms with Gasteiger partial charge in [0.15, 0.2) is 0 Å². The molecule has 1 aliphatic heterocycles. The molecule has 3 rings (SSSR count). The predicted octanol–water partition coefficient (Wildman–Crippen LogP) is 2.61. The Morgan fingerprint density at radius 1 is 1.09 bits per heavy atom. The third-order valence-electron chi connectivity index (χ3n) is 4.41. The van der Waals surface area contributed by atoms with Crippen molar-refractivity contribution < 1.29 is 5.11 Å². The van der Waals surface area contributed by atoms with Crippen LogP contribution in [-0.2, 0) is 6.54 Å². The molecule has 1 saturated heterocycles. The number of hydrogen-bond donors (Lipinski definition) is 1. The molecule has 1 aromatic heterocycles. The van der Waals surface area contributed by atoms with Gasteiger partial charge in [0, 0.05) is 44.6 Å². The second kappa shape index (κ2) is 7.53. The van der Waals surface area contributed by atoms with E-state index in [0.29, 0.717) is 6.54 Å². The van der Waals surface area contributed by atoms with Crippen molar-refractivity contribution >= 4 is 11.3 Å². The number of aryl methyl sites for hydroxylation is 2. The van der Waals surface area contributed by atoms with E-state index in [1.807, 2.05) is 12.1 Å². The maximum atomic E-state index is 10.4. The topological polar surface area (TPSA) is 39.6 Å². The van der Waals surface area contributed by atoms with Crippen molar-refractivity contribution in [2.45, 2.75) is 26.5 Å². The molecule has 124 valence electrons. The van der Waals surface area contributed by atoms with E-state index in [9.17, 15) is 5.11 Å². The van der Waals surface area contributed by atoms with Crippen LogP contribution in [0.5, 0.6) is 0 Å². The van der Waals surface area contributed by atoms with Gasteiger partial charge in [-0.2, -0.15) is 0 Å². The summed E-state index contributed by atoms with van der Waals surface area (Å²) in [7, 11) is 0. The molecule has 0 aliphatic carbocycles. The van der Waals surface area contributed by atoms with Crippen molar-refractivity contribution in [3.05, 3.63) is 51.5 Å². The Morgan fingerprint density at radius 2 is 1.74 bits per heavy atom. The minimum atomic E-state index is -0.400. The molecule has 0 spiro atoms. The van der Waals surface area contributed by atoms with E-state index < -0.39 is 6.10 Å². The summed E-state index contributed by atoms with van der Waals surface area (Å²) < 4.78 is 0. The summed E-state index contributed by atoms with van der Waals surface area (Å²) in [6.07, 6.45) is -0.400. The number of nitrogens with zero attached hydrogens (tertiary/aromatic N) is 3. The zero-order valence-corrected chi connectivity index (χ0v) is 14.7. The van der Waals surface area contributed by atoms with Crippen molar-refractivity contribution in [1.82, 2.24) is 14.8 Å². The third-order valence-corrected chi connectivity index (χ3v) is 5.23. The minimum absolute atomic E-state index is 0.400. The van der Waals surface area contributed by atoms with Crippen molar-refractivity contribution in [2.24, 2.45) is 0 Å². The minimum Gasteiger partial charge on any atom is -0.387 e. The molecule has 0 saturated carbocycles. The van der Waals surface area contributed by atoms with E-state index in [4.69, 9.17) is 0 Å². The summed E-state index contributed by atoms with van der Waals surface area (Å²) in [5.41, 5.74) is 3.42. The number of thiazole rings is 1. The predicted molar refractivity (Wildman–Crippen MR) is 94.7 cm³/mol. The molecule has 23 heavy (non-hydrogen) atoms. The van der Waals surface area contributed by atoms with Crippen LogP contribution in [0.2, 0.25) is 0 Å². The lowest BCUT2D eigenvalue weighted by Gasteiger charge is -2.35. The second-order valence-corrected chi connectivity index (χ2v) is 7.42. The van der Waals surface area contributed by atoms with Crippen LogP contribution in [0.3, 0.4) is 0 Å². The first-order chi connectivity index (χ1) is 11.1. The quantitative estimate of drug-likeness (QED) is 0.914. The maximum Gasteiger partial charge on any atom is 0.0916 e. The summed E-state index contributed by atoms with van der Waals surface area (Å²) in [5.74, 6) is 0. The smallest absolute Gasteiger partial charge is 0.0916 e. The normalized spacial score (nSPS) is 18.2.